The maximum atomic E-state index is 12.7. The highest BCUT2D eigenvalue weighted by Gasteiger charge is 2.21. The van der Waals surface area contributed by atoms with E-state index in [2.05, 4.69) is 5.32 Å². The molecule has 5 nitrogen and oxygen atoms in total. The number of rotatable bonds is 6. The maximum absolute atomic E-state index is 12.7. The summed E-state index contributed by atoms with van der Waals surface area (Å²) in [5.41, 5.74) is 1.41. The van der Waals surface area contributed by atoms with E-state index in [-0.39, 0.29) is 18.5 Å². The third-order valence-corrected chi connectivity index (χ3v) is 8.10. The van der Waals surface area contributed by atoms with E-state index in [1.165, 1.54) is 28.3 Å². The molecule has 164 valence electrons. The van der Waals surface area contributed by atoms with E-state index in [4.69, 9.17) is 11.6 Å². The van der Waals surface area contributed by atoms with Gasteiger partial charge in [-0.1, -0.05) is 43.0 Å². The van der Waals surface area contributed by atoms with Crippen LogP contribution in [0.2, 0.25) is 5.02 Å². The lowest BCUT2D eigenvalue weighted by Crippen LogP contribution is -2.35. The van der Waals surface area contributed by atoms with Crippen LogP contribution < -0.4 is 9.62 Å². The summed E-state index contributed by atoms with van der Waals surface area (Å²) >= 11 is 7.38. The fourth-order valence-electron chi connectivity index (χ4n) is 3.96. The standard InChI is InChI=1S/C23H25ClN2O3S2/c1-31(28,29)26(15-16-7-9-18(24)10-8-16)20-11-12-21-17(13-20)14-22(30-21)23(27)25-19-5-3-2-4-6-19/h7-14,19H,2-6,15H2,1H3,(H,25,27). The van der Waals surface area contributed by atoms with Crippen LogP contribution in [0, 0.1) is 0 Å². The summed E-state index contributed by atoms with van der Waals surface area (Å²) in [6, 6.07) is 14.7. The second-order valence-electron chi connectivity index (χ2n) is 8.04. The highest BCUT2D eigenvalue weighted by molar-refractivity contribution is 7.92. The lowest BCUT2D eigenvalue weighted by atomic mass is 9.95. The predicted molar refractivity (Wildman–Crippen MR) is 129 cm³/mol. The molecule has 4 rings (SSSR count). The zero-order chi connectivity index (χ0) is 22.0. The number of carbonyl (C=O) groups is 1. The molecule has 1 amide bonds. The van der Waals surface area contributed by atoms with Crippen molar-refractivity contribution in [1.82, 2.24) is 5.32 Å². The molecule has 1 saturated carbocycles. The van der Waals surface area contributed by atoms with Gasteiger partial charge in [-0.2, -0.15) is 0 Å². The first-order valence-electron chi connectivity index (χ1n) is 10.4. The van der Waals surface area contributed by atoms with E-state index in [0.29, 0.717) is 15.6 Å². The molecule has 0 unspecified atom stereocenters. The van der Waals surface area contributed by atoms with Crippen molar-refractivity contribution in [2.75, 3.05) is 10.6 Å². The number of sulfonamides is 1. The molecule has 0 spiro atoms. The smallest absolute Gasteiger partial charge is 0.261 e. The van der Waals surface area contributed by atoms with Gasteiger partial charge >= 0.3 is 0 Å². The Morgan fingerprint density at radius 3 is 2.48 bits per heavy atom. The molecule has 1 aliphatic carbocycles. The van der Waals surface area contributed by atoms with Crippen LogP contribution in [0.4, 0.5) is 5.69 Å². The number of hydrogen-bond acceptors (Lipinski definition) is 4. The molecule has 1 N–H and O–H groups in total. The molecular formula is C23H25ClN2O3S2. The van der Waals surface area contributed by atoms with E-state index in [1.54, 1.807) is 18.2 Å². The van der Waals surface area contributed by atoms with Gasteiger partial charge in [0, 0.05) is 15.8 Å². The number of hydrogen-bond donors (Lipinski definition) is 1. The summed E-state index contributed by atoms with van der Waals surface area (Å²) in [5, 5.41) is 4.62. The Kier molecular flexibility index (Phi) is 6.55. The van der Waals surface area contributed by atoms with Crippen molar-refractivity contribution in [3.63, 3.8) is 0 Å². The van der Waals surface area contributed by atoms with Crippen LogP contribution in [0.1, 0.15) is 47.3 Å². The molecule has 1 heterocycles. The second kappa shape index (κ2) is 9.18. The van der Waals surface area contributed by atoms with Gasteiger partial charge in [0.25, 0.3) is 5.91 Å². The van der Waals surface area contributed by atoms with Crippen LogP contribution in [0.3, 0.4) is 0 Å². The quantitative estimate of drug-likeness (QED) is 0.504. The average Bonchev–Trinajstić information content (AvgIpc) is 3.17. The minimum Gasteiger partial charge on any atom is -0.349 e. The second-order valence-corrected chi connectivity index (χ2v) is 11.5. The predicted octanol–water partition coefficient (Wildman–Crippen LogP) is 5.58. The summed E-state index contributed by atoms with van der Waals surface area (Å²) in [6.07, 6.45) is 6.84. The van der Waals surface area contributed by atoms with E-state index < -0.39 is 10.0 Å². The molecule has 31 heavy (non-hydrogen) atoms. The Balaban J connectivity index is 1.59. The summed E-state index contributed by atoms with van der Waals surface area (Å²) in [4.78, 5) is 13.4. The molecule has 0 aliphatic heterocycles. The van der Waals surface area contributed by atoms with E-state index in [1.807, 2.05) is 30.3 Å². The van der Waals surface area contributed by atoms with Crippen molar-refractivity contribution < 1.29 is 13.2 Å². The highest BCUT2D eigenvalue weighted by Crippen LogP contribution is 2.31. The van der Waals surface area contributed by atoms with Crippen LogP contribution in [0.15, 0.2) is 48.5 Å². The first-order chi connectivity index (χ1) is 14.8. The van der Waals surface area contributed by atoms with Gasteiger partial charge in [-0.3, -0.25) is 9.10 Å². The normalized spacial score (nSPS) is 15.2. The number of benzene rings is 2. The molecule has 2 aromatic carbocycles. The Morgan fingerprint density at radius 2 is 1.81 bits per heavy atom. The summed E-state index contributed by atoms with van der Waals surface area (Å²) in [5.74, 6) is -0.0456. The number of nitrogens with zero attached hydrogens (tertiary/aromatic N) is 1. The van der Waals surface area contributed by atoms with Crippen LogP contribution in [-0.2, 0) is 16.6 Å². The van der Waals surface area contributed by atoms with Crippen LogP contribution in [0.5, 0.6) is 0 Å². The Bertz CT molecular complexity index is 1180. The number of halogens is 1. The molecule has 3 aromatic rings. The number of fused-ring (bicyclic) bond motifs is 1. The van der Waals surface area contributed by atoms with Crippen LogP contribution in [-0.4, -0.2) is 26.6 Å². The van der Waals surface area contributed by atoms with E-state index >= 15 is 0 Å². The van der Waals surface area contributed by atoms with Crippen molar-refractivity contribution in [2.24, 2.45) is 0 Å². The Morgan fingerprint density at radius 1 is 1.10 bits per heavy atom. The molecule has 0 radical (unpaired) electrons. The Hall–Kier alpha value is -2.09. The summed E-state index contributed by atoms with van der Waals surface area (Å²) in [7, 11) is -3.50. The molecule has 8 heteroatoms. The lowest BCUT2D eigenvalue weighted by molar-refractivity contribution is 0.0932. The van der Waals surface area contributed by atoms with Gasteiger partial charge in [0.1, 0.15) is 0 Å². The van der Waals surface area contributed by atoms with E-state index in [0.717, 1.165) is 41.3 Å². The fourth-order valence-corrected chi connectivity index (χ4v) is 5.91. The number of carbonyl (C=O) groups excluding carboxylic acids is 1. The van der Waals surface area contributed by atoms with Gasteiger partial charge in [0.05, 0.1) is 23.4 Å². The highest BCUT2D eigenvalue weighted by atomic mass is 35.5. The first kappa shape index (κ1) is 22.1. The minimum absolute atomic E-state index is 0.0456. The molecule has 1 aromatic heterocycles. The SMILES string of the molecule is CS(=O)(=O)N(Cc1ccc(Cl)cc1)c1ccc2sc(C(=O)NC3CCCCC3)cc2c1. The first-order valence-corrected chi connectivity index (χ1v) is 13.4. The van der Waals surface area contributed by atoms with Crippen LogP contribution >= 0.6 is 22.9 Å². The molecule has 0 saturated heterocycles. The number of nitrogens with one attached hydrogen (secondary N) is 1. The Labute approximate surface area is 192 Å². The van der Waals surface area contributed by atoms with Gasteiger partial charge in [-0.05, 0) is 60.2 Å². The topological polar surface area (TPSA) is 66.5 Å². The number of amides is 1. The molecule has 0 bridgehead atoms. The van der Waals surface area contributed by atoms with Gasteiger partial charge < -0.3 is 5.32 Å². The van der Waals surface area contributed by atoms with Crippen molar-refractivity contribution >= 4 is 54.6 Å². The zero-order valence-electron chi connectivity index (χ0n) is 17.3. The van der Waals surface area contributed by atoms with Crippen molar-refractivity contribution in [3.05, 3.63) is 64.0 Å². The van der Waals surface area contributed by atoms with Crippen molar-refractivity contribution in [2.45, 2.75) is 44.7 Å². The molecule has 0 atom stereocenters. The third kappa shape index (κ3) is 5.40. The third-order valence-electron chi connectivity index (χ3n) is 5.59. The largest absolute Gasteiger partial charge is 0.349 e. The van der Waals surface area contributed by atoms with Gasteiger partial charge in [0.15, 0.2) is 0 Å². The molecule has 1 aliphatic rings. The number of anilines is 1. The average molecular weight is 477 g/mol. The summed E-state index contributed by atoms with van der Waals surface area (Å²) < 4.78 is 27.4. The van der Waals surface area contributed by atoms with Gasteiger partial charge in [0.2, 0.25) is 10.0 Å². The molecule has 1 fully saturated rings. The maximum Gasteiger partial charge on any atom is 0.261 e. The van der Waals surface area contributed by atoms with E-state index in [9.17, 15) is 13.2 Å². The van der Waals surface area contributed by atoms with Crippen LogP contribution in [0.25, 0.3) is 10.1 Å². The van der Waals surface area contributed by atoms with Gasteiger partial charge in [-0.25, -0.2) is 8.42 Å². The van der Waals surface area contributed by atoms with Crippen molar-refractivity contribution in [3.8, 4) is 0 Å². The fraction of sp³-hybridized carbons (Fsp3) is 0.348. The molecular weight excluding hydrogens is 452 g/mol. The minimum atomic E-state index is -3.50. The van der Waals surface area contributed by atoms with Crippen molar-refractivity contribution in [1.29, 1.82) is 0 Å². The van der Waals surface area contributed by atoms with Gasteiger partial charge in [-0.15, -0.1) is 11.3 Å². The zero-order valence-corrected chi connectivity index (χ0v) is 19.7. The number of thiophene rings is 1. The lowest BCUT2D eigenvalue weighted by Gasteiger charge is -2.22. The summed E-state index contributed by atoms with van der Waals surface area (Å²) in [6.45, 7) is 0.209. The monoisotopic (exact) mass is 476 g/mol.